The molecular formula is C14H18N4. The van der Waals surface area contributed by atoms with Gasteiger partial charge in [0, 0.05) is 18.2 Å². The molecule has 2 heterocycles. The Morgan fingerprint density at radius 1 is 1.11 bits per heavy atom. The molecule has 1 aromatic carbocycles. The summed E-state index contributed by atoms with van der Waals surface area (Å²) < 4.78 is 2.04. The van der Waals surface area contributed by atoms with E-state index in [1.54, 1.807) is 0 Å². The summed E-state index contributed by atoms with van der Waals surface area (Å²) in [6.45, 7) is 7.35. The topological polar surface area (TPSA) is 34.0 Å². The van der Waals surface area contributed by atoms with Crippen LogP contribution in [0.25, 0.3) is 11.4 Å². The summed E-state index contributed by atoms with van der Waals surface area (Å²) in [4.78, 5) is 7.09. The Morgan fingerprint density at radius 2 is 1.89 bits per heavy atom. The van der Waals surface area contributed by atoms with E-state index in [1.165, 1.54) is 0 Å². The van der Waals surface area contributed by atoms with Crippen molar-refractivity contribution in [2.75, 3.05) is 6.54 Å². The van der Waals surface area contributed by atoms with E-state index < -0.39 is 0 Å². The third-order valence-electron chi connectivity index (χ3n) is 3.45. The lowest BCUT2D eigenvalue weighted by Gasteiger charge is -2.29. The van der Waals surface area contributed by atoms with Gasteiger partial charge in [0.2, 0.25) is 0 Å². The summed E-state index contributed by atoms with van der Waals surface area (Å²) in [5.74, 6) is 1.92. The van der Waals surface area contributed by atoms with Crippen LogP contribution in [0.2, 0.25) is 0 Å². The predicted octanol–water partition coefficient (Wildman–Crippen LogP) is 2.17. The first-order valence-electron chi connectivity index (χ1n) is 6.47. The maximum atomic E-state index is 4.66. The number of hydrogen-bond acceptors (Lipinski definition) is 3. The molecular weight excluding hydrogens is 224 g/mol. The Morgan fingerprint density at radius 3 is 2.61 bits per heavy atom. The van der Waals surface area contributed by atoms with E-state index >= 15 is 0 Å². The molecule has 4 nitrogen and oxygen atoms in total. The molecule has 0 amide bonds. The van der Waals surface area contributed by atoms with Crippen LogP contribution < -0.4 is 0 Å². The van der Waals surface area contributed by atoms with E-state index in [1.807, 2.05) is 22.9 Å². The van der Waals surface area contributed by atoms with E-state index in [9.17, 15) is 0 Å². The van der Waals surface area contributed by atoms with Crippen LogP contribution in [0.1, 0.15) is 19.7 Å². The summed E-state index contributed by atoms with van der Waals surface area (Å²) in [7, 11) is 0. The molecule has 0 fully saturated rings. The first-order valence-corrected chi connectivity index (χ1v) is 6.47. The van der Waals surface area contributed by atoms with Gasteiger partial charge in [-0.25, -0.2) is 9.67 Å². The molecule has 0 N–H and O–H groups in total. The minimum absolute atomic E-state index is 0.565. The molecule has 0 radical (unpaired) electrons. The van der Waals surface area contributed by atoms with Crippen LogP contribution in [0.3, 0.4) is 0 Å². The molecule has 1 aromatic heterocycles. The van der Waals surface area contributed by atoms with Crippen molar-refractivity contribution in [1.29, 1.82) is 0 Å². The van der Waals surface area contributed by atoms with E-state index in [4.69, 9.17) is 0 Å². The van der Waals surface area contributed by atoms with Crippen LogP contribution in [0.4, 0.5) is 0 Å². The van der Waals surface area contributed by atoms with Gasteiger partial charge in [0.1, 0.15) is 5.82 Å². The molecule has 0 spiro atoms. The second-order valence-electron chi connectivity index (χ2n) is 5.01. The molecule has 4 heteroatoms. The van der Waals surface area contributed by atoms with Crippen LogP contribution in [-0.2, 0) is 13.1 Å². The summed E-state index contributed by atoms with van der Waals surface area (Å²) in [6, 6.07) is 10.7. The van der Waals surface area contributed by atoms with Crippen LogP contribution in [0.15, 0.2) is 30.3 Å². The number of aromatic nitrogens is 3. The highest BCUT2D eigenvalue weighted by Crippen LogP contribution is 2.19. The summed E-state index contributed by atoms with van der Waals surface area (Å²) in [5, 5.41) is 4.59. The Kier molecular flexibility index (Phi) is 2.88. The summed E-state index contributed by atoms with van der Waals surface area (Å²) in [5.41, 5.74) is 1.09. The molecule has 0 unspecified atom stereocenters. The van der Waals surface area contributed by atoms with Gasteiger partial charge in [-0.05, 0) is 13.8 Å². The van der Waals surface area contributed by atoms with Gasteiger partial charge in [0.05, 0.1) is 13.1 Å². The largest absolute Gasteiger partial charge is 0.292 e. The first kappa shape index (κ1) is 11.4. The van der Waals surface area contributed by atoms with Crippen LogP contribution in [0, 0.1) is 0 Å². The van der Waals surface area contributed by atoms with E-state index in [-0.39, 0.29) is 0 Å². The minimum Gasteiger partial charge on any atom is -0.292 e. The lowest BCUT2D eigenvalue weighted by molar-refractivity contribution is 0.168. The molecule has 0 bridgehead atoms. The Balaban J connectivity index is 1.90. The zero-order valence-corrected chi connectivity index (χ0v) is 10.9. The smallest absolute Gasteiger partial charge is 0.181 e. The van der Waals surface area contributed by atoms with Crippen molar-refractivity contribution in [3.63, 3.8) is 0 Å². The van der Waals surface area contributed by atoms with Crippen molar-refractivity contribution in [2.24, 2.45) is 0 Å². The van der Waals surface area contributed by atoms with Crippen molar-refractivity contribution in [2.45, 2.75) is 33.0 Å². The molecule has 94 valence electrons. The van der Waals surface area contributed by atoms with Crippen molar-refractivity contribution in [3.05, 3.63) is 36.2 Å². The average molecular weight is 242 g/mol. The maximum Gasteiger partial charge on any atom is 0.181 e. The highest BCUT2D eigenvalue weighted by atomic mass is 15.4. The molecule has 3 rings (SSSR count). The molecule has 2 aromatic rings. The number of benzene rings is 1. The minimum atomic E-state index is 0.565. The summed E-state index contributed by atoms with van der Waals surface area (Å²) >= 11 is 0. The van der Waals surface area contributed by atoms with Crippen LogP contribution >= 0.6 is 0 Å². The maximum absolute atomic E-state index is 4.66. The lowest BCUT2D eigenvalue weighted by atomic mass is 10.2. The van der Waals surface area contributed by atoms with Gasteiger partial charge in [-0.3, -0.25) is 4.90 Å². The second kappa shape index (κ2) is 4.53. The second-order valence-corrected chi connectivity index (χ2v) is 5.01. The van der Waals surface area contributed by atoms with Crippen molar-refractivity contribution in [1.82, 2.24) is 19.7 Å². The third kappa shape index (κ3) is 2.04. The van der Waals surface area contributed by atoms with E-state index in [0.717, 1.165) is 36.8 Å². The fourth-order valence-electron chi connectivity index (χ4n) is 2.30. The molecule has 1 aliphatic heterocycles. The molecule has 1 aliphatic rings. The SMILES string of the molecule is CC(C)N1CCn2nc(-c3ccccc3)nc2C1. The molecule has 0 atom stereocenters. The third-order valence-corrected chi connectivity index (χ3v) is 3.45. The fourth-order valence-corrected chi connectivity index (χ4v) is 2.30. The zero-order valence-electron chi connectivity index (χ0n) is 10.9. The normalized spacial score (nSPS) is 15.9. The average Bonchev–Trinajstić information content (AvgIpc) is 2.82. The van der Waals surface area contributed by atoms with E-state index in [2.05, 4.69) is 41.0 Å². The van der Waals surface area contributed by atoms with Gasteiger partial charge in [0.25, 0.3) is 0 Å². The standard InChI is InChI=1S/C14H18N4/c1-11(2)17-8-9-18-13(10-17)15-14(16-18)12-6-4-3-5-7-12/h3-7,11H,8-10H2,1-2H3. The Hall–Kier alpha value is -1.68. The predicted molar refractivity (Wildman–Crippen MR) is 71.0 cm³/mol. The van der Waals surface area contributed by atoms with Gasteiger partial charge in [0.15, 0.2) is 5.82 Å². The molecule has 0 saturated carbocycles. The Bertz CT molecular complexity index is 530. The molecule has 0 saturated heterocycles. The zero-order chi connectivity index (χ0) is 12.5. The van der Waals surface area contributed by atoms with Crippen molar-refractivity contribution < 1.29 is 0 Å². The number of rotatable bonds is 2. The van der Waals surface area contributed by atoms with Crippen LogP contribution in [-0.4, -0.2) is 32.3 Å². The molecule has 18 heavy (non-hydrogen) atoms. The first-order chi connectivity index (χ1) is 8.74. The highest BCUT2D eigenvalue weighted by molar-refractivity contribution is 5.54. The quantitative estimate of drug-likeness (QED) is 0.809. The number of hydrogen-bond donors (Lipinski definition) is 0. The number of nitrogens with zero attached hydrogens (tertiary/aromatic N) is 4. The Labute approximate surface area is 107 Å². The number of fused-ring (bicyclic) bond motifs is 1. The van der Waals surface area contributed by atoms with Gasteiger partial charge < -0.3 is 0 Å². The monoisotopic (exact) mass is 242 g/mol. The van der Waals surface area contributed by atoms with Gasteiger partial charge in [-0.1, -0.05) is 30.3 Å². The van der Waals surface area contributed by atoms with Gasteiger partial charge in [-0.2, -0.15) is 5.10 Å². The fraction of sp³-hybridized carbons (Fsp3) is 0.429. The van der Waals surface area contributed by atoms with Crippen molar-refractivity contribution >= 4 is 0 Å². The van der Waals surface area contributed by atoms with Crippen LogP contribution in [0.5, 0.6) is 0 Å². The van der Waals surface area contributed by atoms with Gasteiger partial charge >= 0.3 is 0 Å². The van der Waals surface area contributed by atoms with Gasteiger partial charge in [-0.15, -0.1) is 0 Å². The van der Waals surface area contributed by atoms with E-state index in [0.29, 0.717) is 6.04 Å². The van der Waals surface area contributed by atoms with Crippen molar-refractivity contribution in [3.8, 4) is 11.4 Å². The highest BCUT2D eigenvalue weighted by Gasteiger charge is 2.21. The summed E-state index contributed by atoms with van der Waals surface area (Å²) in [6.07, 6.45) is 0. The molecule has 0 aliphatic carbocycles. The lowest BCUT2D eigenvalue weighted by Crippen LogP contribution is -2.38.